The number of fused-ring (bicyclic) bond motifs is 1. The third-order valence-electron chi connectivity index (χ3n) is 2.89. The fourth-order valence-electron chi connectivity index (χ4n) is 1.96. The molecule has 0 saturated carbocycles. The second kappa shape index (κ2) is 5.05. The van der Waals surface area contributed by atoms with Gasteiger partial charge in [-0.1, -0.05) is 12.1 Å². The zero-order valence-electron chi connectivity index (χ0n) is 10.6. The van der Waals surface area contributed by atoms with Crippen LogP contribution in [0.2, 0.25) is 0 Å². The first-order chi connectivity index (χ1) is 9.36. The van der Waals surface area contributed by atoms with Crippen LogP contribution in [0.25, 0.3) is 0 Å². The average molecular weight is 261 g/mol. The maximum atomic E-state index is 5.46. The average Bonchev–Trinajstić information content (AvgIpc) is 3.07. The van der Waals surface area contributed by atoms with Crippen LogP contribution in [0.3, 0.4) is 0 Å². The molecule has 1 aliphatic rings. The number of nitrogens with one attached hydrogen (secondary N) is 3. The van der Waals surface area contributed by atoms with E-state index < -0.39 is 0 Å². The number of aromatic nitrogens is 3. The maximum Gasteiger partial charge on any atom is 0.231 e. The fourth-order valence-corrected chi connectivity index (χ4v) is 1.96. The highest BCUT2D eigenvalue weighted by Gasteiger charge is 2.16. The third-order valence-corrected chi connectivity index (χ3v) is 2.89. The van der Waals surface area contributed by atoms with Gasteiger partial charge in [-0.05, 0) is 18.1 Å². The van der Waals surface area contributed by atoms with Crippen molar-refractivity contribution in [2.75, 3.05) is 31.0 Å². The van der Waals surface area contributed by atoms with E-state index in [4.69, 9.17) is 9.47 Å². The van der Waals surface area contributed by atoms with Gasteiger partial charge in [-0.25, -0.2) is 0 Å². The van der Waals surface area contributed by atoms with E-state index in [2.05, 4.69) is 25.8 Å². The van der Waals surface area contributed by atoms with Crippen LogP contribution in [0.5, 0.6) is 11.5 Å². The lowest BCUT2D eigenvalue weighted by Crippen LogP contribution is -2.06. The molecule has 0 spiro atoms. The molecule has 0 radical (unpaired) electrons. The molecule has 0 aliphatic carbocycles. The summed E-state index contributed by atoms with van der Waals surface area (Å²) in [4.78, 5) is 3.00. The monoisotopic (exact) mass is 261 g/mol. The molecule has 2 heterocycles. The van der Waals surface area contributed by atoms with Crippen LogP contribution in [0.15, 0.2) is 18.2 Å². The van der Waals surface area contributed by atoms with Crippen molar-refractivity contribution < 1.29 is 9.47 Å². The van der Waals surface area contributed by atoms with Gasteiger partial charge in [0, 0.05) is 13.6 Å². The molecular formula is C12H15N5O2. The molecule has 7 nitrogen and oxygen atoms in total. The van der Waals surface area contributed by atoms with Crippen LogP contribution >= 0.6 is 0 Å². The Labute approximate surface area is 110 Å². The SMILES string of the molecule is CNc1nnc(NCCc2cccc3c2OCO3)[nH]1. The van der Waals surface area contributed by atoms with Gasteiger partial charge < -0.3 is 20.1 Å². The van der Waals surface area contributed by atoms with Gasteiger partial charge in [0.05, 0.1) is 0 Å². The number of nitrogens with zero attached hydrogens (tertiary/aromatic N) is 2. The van der Waals surface area contributed by atoms with Gasteiger partial charge in [-0.15, -0.1) is 10.2 Å². The van der Waals surface area contributed by atoms with E-state index in [1.165, 1.54) is 0 Å². The molecular weight excluding hydrogens is 246 g/mol. The minimum Gasteiger partial charge on any atom is -0.454 e. The molecule has 1 aromatic heterocycles. The van der Waals surface area contributed by atoms with Gasteiger partial charge in [0.2, 0.25) is 18.7 Å². The first-order valence-electron chi connectivity index (χ1n) is 6.08. The van der Waals surface area contributed by atoms with Crippen LogP contribution in [-0.2, 0) is 6.42 Å². The summed E-state index contributed by atoms with van der Waals surface area (Å²) in [6.45, 7) is 1.03. The summed E-state index contributed by atoms with van der Waals surface area (Å²) in [5.74, 6) is 2.95. The molecule has 0 saturated heterocycles. The molecule has 2 aromatic rings. The van der Waals surface area contributed by atoms with Crippen molar-refractivity contribution in [1.29, 1.82) is 0 Å². The maximum absolute atomic E-state index is 5.46. The molecule has 19 heavy (non-hydrogen) atoms. The summed E-state index contributed by atoms with van der Waals surface area (Å²) in [6, 6.07) is 5.92. The highest BCUT2D eigenvalue weighted by atomic mass is 16.7. The van der Waals surface area contributed by atoms with E-state index in [1.807, 2.05) is 18.2 Å². The number of ether oxygens (including phenoxy) is 2. The molecule has 0 amide bonds. The van der Waals surface area contributed by atoms with Gasteiger partial charge in [0.1, 0.15) is 0 Å². The van der Waals surface area contributed by atoms with Crippen molar-refractivity contribution in [2.24, 2.45) is 0 Å². The Morgan fingerprint density at radius 1 is 1.26 bits per heavy atom. The lowest BCUT2D eigenvalue weighted by atomic mass is 10.1. The second-order valence-corrected chi connectivity index (χ2v) is 4.10. The number of H-pyrrole nitrogens is 1. The minimum atomic E-state index is 0.299. The van der Waals surface area contributed by atoms with Crippen LogP contribution in [0.4, 0.5) is 11.9 Å². The molecule has 3 rings (SSSR count). The molecule has 0 bridgehead atoms. The van der Waals surface area contributed by atoms with Crippen molar-refractivity contribution in [2.45, 2.75) is 6.42 Å². The number of anilines is 2. The number of benzene rings is 1. The predicted octanol–water partition coefficient (Wildman–Crippen LogP) is 1.23. The number of rotatable bonds is 5. The minimum absolute atomic E-state index is 0.299. The lowest BCUT2D eigenvalue weighted by Gasteiger charge is -2.06. The Morgan fingerprint density at radius 2 is 2.16 bits per heavy atom. The Hall–Kier alpha value is -2.44. The normalized spacial score (nSPS) is 12.5. The zero-order valence-corrected chi connectivity index (χ0v) is 10.6. The standard InChI is InChI=1S/C12H15N5O2/c1-13-11-15-12(17-16-11)14-6-5-8-3-2-4-9-10(8)19-7-18-9/h2-4H,5-7H2,1H3,(H3,13,14,15,16,17). The molecule has 1 aromatic carbocycles. The summed E-state index contributed by atoms with van der Waals surface area (Å²) >= 11 is 0. The molecule has 1 aliphatic heterocycles. The van der Waals surface area contributed by atoms with Crippen LogP contribution < -0.4 is 20.1 Å². The summed E-state index contributed by atoms with van der Waals surface area (Å²) < 4.78 is 10.8. The smallest absolute Gasteiger partial charge is 0.231 e. The first kappa shape index (κ1) is 11.6. The van der Waals surface area contributed by atoms with E-state index in [0.717, 1.165) is 30.0 Å². The fraction of sp³-hybridized carbons (Fsp3) is 0.333. The van der Waals surface area contributed by atoms with Crippen molar-refractivity contribution >= 4 is 11.9 Å². The molecule has 100 valence electrons. The number of para-hydroxylation sites is 1. The van der Waals surface area contributed by atoms with Crippen molar-refractivity contribution in [1.82, 2.24) is 15.2 Å². The molecule has 0 atom stereocenters. The largest absolute Gasteiger partial charge is 0.454 e. The van der Waals surface area contributed by atoms with E-state index in [-0.39, 0.29) is 0 Å². The topological polar surface area (TPSA) is 84.1 Å². The number of hydrogen-bond acceptors (Lipinski definition) is 6. The van der Waals surface area contributed by atoms with Crippen molar-refractivity contribution in [3.05, 3.63) is 23.8 Å². The third kappa shape index (κ3) is 2.40. The van der Waals surface area contributed by atoms with Gasteiger partial charge in [-0.2, -0.15) is 0 Å². The summed E-state index contributed by atoms with van der Waals surface area (Å²) in [5, 5.41) is 13.9. The van der Waals surface area contributed by atoms with Gasteiger partial charge in [-0.3, -0.25) is 4.98 Å². The van der Waals surface area contributed by atoms with Crippen molar-refractivity contribution in [3.8, 4) is 11.5 Å². The number of hydrogen-bond donors (Lipinski definition) is 3. The predicted molar refractivity (Wildman–Crippen MR) is 70.7 cm³/mol. The lowest BCUT2D eigenvalue weighted by molar-refractivity contribution is 0.173. The highest BCUT2D eigenvalue weighted by Crippen LogP contribution is 2.35. The van der Waals surface area contributed by atoms with Gasteiger partial charge in [0.15, 0.2) is 11.5 Å². The Kier molecular flexibility index (Phi) is 3.09. The molecule has 0 fully saturated rings. The summed E-state index contributed by atoms with van der Waals surface area (Å²) in [7, 11) is 1.79. The van der Waals surface area contributed by atoms with E-state index in [9.17, 15) is 0 Å². The van der Waals surface area contributed by atoms with Gasteiger partial charge >= 0.3 is 0 Å². The van der Waals surface area contributed by atoms with Crippen LogP contribution in [0.1, 0.15) is 5.56 Å². The second-order valence-electron chi connectivity index (χ2n) is 4.10. The number of aromatic amines is 1. The Morgan fingerprint density at radius 3 is 3.00 bits per heavy atom. The summed E-state index contributed by atoms with van der Waals surface area (Å²) in [5.41, 5.74) is 1.12. The van der Waals surface area contributed by atoms with E-state index >= 15 is 0 Å². The van der Waals surface area contributed by atoms with Crippen LogP contribution in [0, 0.1) is 0 Å². The first-order valence-corrected chi connectivity index (χ1v) is 6.08. The van der Waals surface area contributed by atoms with E-state index in [1.54, 1.807) is 7.05 Å². The quantitative estimate of drug-likeness (QED) is 0.750. The van der Waals surface area contributed by atoms with E-state index in [0.29, 0.717) is 18.7 Å². The Bertz CT molecular complexity index is 569. The molecule has 7 heteroatoms. The molecule has 0 unspecified atom stereocenters. The zero-order chi connectivity index (χ0) is 13.1. The summed E-state index contributed by atoms with van der Waals surface area (Å²) in [6.07, 6.45) is 0.822. The van der Waals surface area contributed by atoms with Gasteiger partial charge in [0.25, 0.3) is 0 Å². The van der Waals surface area contributed by atoms with Crippen molar-refractivity contribution in [3.63, 3.8) is 0 Å². The molecule has 3 N–H and O–H groups in total. The highest BCUT2D eigenvalue weighted by molar-refractivity contribution is 5.48. The van der Waals surface area contributed by atoms with Crippen LogP contribution in [-0.4, -0.2) is 35.6 Å². The Balaban J connectivity index is 1.59.